The third kappa shape index (κ3) is 3.72. The third-order valence-electron chi connectivity index (χ3n) is 4.59. The van der Waals surface area contributed by atoms with Crippen LogP contribution in [0.25, 0.3) is 0 Å². The zero-order chi connectivity index (χ0) is 18.6. The van der Waals surface area contributed by atoms with Gasteiger partial charge in [-0.2, -0.15) is 0 Å². The van der Waals surface area contributed by atoms with E-state index in [2.05, 4.69) is 12.1 Å². The van der Waals surface area contributed by atoms with Gasteiger partial charge >= 0.3 is 0 Å². The zero-order valence-corrected chi connectivity index (χ0v) is 14.6. The van der Waals surface area contributed by atoms with Crippen LogP contribution < -0.4 is 0 Å². The van der Waals surface area contributed by atoms with E-state index in [1.165, 1.54) is 17.7 Å². The molecular weight excluding hydrogens is 340 g/mol. The molecule has 0 aliphatic carbocycles. The van der Waals surface area contributed by atoms with Gasteiger partial charge in [-0.15, -0.1) is 0 Å². The number of aliphatic imine (C=N–C) groups is 1. The molecule has 2 atom stereocenters. The van der Waals surface area contributed by atoms with E-state index in [-0.39, 0.29) is 17.8 Å². The Morgan fingerprint density at radius 2 is 1.63 bits per heavy atom. The van der Waals surface area contributed by atoms with Gasteiger partial charge in [0.15, 0.2) is 0 Å². The van der Waals surface area contributed by atoms with Crippen molar-refractivity contribution in [2.24, 2.45) is 4.99 Å². The molecule has 1 aliphatic heterocycles. The van der Waals surface area contributed by atoms with Crippen molar-refractivity contribution in [3.63, 3.8) is 0 Å². The monoisotopic (exact) mass is 358 g/mol. The summed E-state index contributed by atoms with van der Waals surface area (Å²) in [5, 5.41) is 11.1. The Bertz CT molecular complexity index is 971. The number of nitro groups is 1. The van der Waals surface area contributed by atoms with Gasteiger partial charge in [0.1, 0.15) is 6.10 Å². The number of non-ortho nitro benzene ring substituents is 1. The first-order valence-corrected chi connectivity index (χ1v) is 8.79. The lowest BCUT2D eigenvalue weighted by Crippen LogP contribution is -2.16. The minimum Gasteiger partial charge on any atom is -0.467 e. The Hall–Kier alpha value is -3.47. The van der Waals surface area contributed by atoms with Gasteiger partial charge in [-0.05, 0) is 23.6 Å². The van der Waals surface area contributed by atoms with Crippen LogP contribution in [0.3, 0.4) is 0 Å². The predicted octanol–water partition coefficient (Wildman–Crippen LogP) is 4.72. The van der Waals surface area contributed by atoms with Crippen LogP contribution in [0.15, 0.2) is 89.9 Å². The topological polar surface area (TPSA) is 64.7 Å². The van der Waals surface area contributed by atoms with Crippen molar-refractivity contribution >= 4 is 11.6 Å². The van der Waals surface area contributed by atoms with E-state index in [9.17, 15) is 10.1 Å². The van der Waals surface area contributed by atoms with Crippen molar-refractivity contribution in [2.75, 3.05) is 0 Å². The zero-order valence-electron chi connectivity index (χ0n) is 14.6. The summed E-state index contributed by atoms with van der Waals surface area (Å²) in [6, 6.07) is 26.4. The lowest BCUT2D eigenvalue weighted by molar-refractivity contribution is -0.384. The summed E-state index contributed by atoms with van der Waals surface area (Å²) >= 11 is 0. The van der Waals surface area contributed by atoms with Gasteiger partial charge in [-0.1, -0.05) is 66.7 Å². The van der Waals surface area contributed by atoms with Crippen LogP contribution in [-0.4, -0.2) is 16.9 Å². The fourth-order valence-electron chi connectivity index (χ4n) is 3.28. The molecule has 4 rings (SSSR count). The van der Waals surface area contributed by atoms with Crippen molar-refractivity contribution in [1.82, 2.24) is 0 Å². The quantitative estimate of drug-likeness (QED) is 0.489. The maximum absolute atomic E-state index is 11.1. The van der Waals surface area contributed by atoms with Crippen LogP contribution >= 0.6 is 0 Å². The van der Waals surface area contributed by atoms with Gasteiger partial charge in [-0.25, -0.2) is 4.99 Å². The van der Waals surface area contributed by atoms with Gasteiger partial charge in [0, 0.05) is 17.7 Å². The number of hydrogen-bond acceptors (Lipinski definition) is 4. The normalized spacial score (nSPS) is 18.6. The molecule has 1 aliphatic rings. The first-order chi connectivity index (χ1) is 13.2. The van der Waals surface area contributed by atoms with Crippen LogP contribution in [0.1, 0.15) is 22.8 Å². The summed E-state index contributed by atoms with van der Waals surface area (Å²) in [7, 11) is 0. The van der Waals surface area contributed by atoms with Gasteiger partial charge in [0.25, 0.3) is 5.69 Å². The van der Waals surface area contributed by atoms with Crippen molar-refractivity contribution < 1.29 is 9.66 Å². The molecule has 3 aromatic carbocycles. The smallest absolute Gasteiger partial charge is 0.270 e. The number of ether oxygens (including phenoxy) is 1. The molecule has 0 spiro atoms. The number of nitrogens with zero attached hydrogens (tertiary/aromatic N) is 2. The van der Waals surface area contributed by atoms with E-state index >= 15 is 0 Å². The Morgan fingerprint density at radius 1 is 0.926 bits per heavy atom. The minimum atomic E-state index is -0.408. The molecule has 0 amide bonds. The fourth-order valence-corrected chi connectivity index (χ4v) is 3.28. The first kappa shape index (κ1) is 17.0. The second-order valence-corrected chi connectivity index (χ2v) is 6.45. The Kier molecular flexibility index (Phi) is 4.66. The van der Waals surface area contributed by atoms with Crippen LogP contribution in [0, 0.1) is 10.1 Å². The fraction of sp³-hybridized carbons (Fsp3) is 0.136. The average Bonchev–Trinajstić information content (AvgIpc) is 3.13. The molecular formula is C22H18N2O3. The largest absolute Gasteiger partial charge is 0.467 e. The minimum absolute atomic E-state index is 0.0292. The van der Waals surface area contributed by atoms with Crippen LogP contribution in [0.4, 0.5) is 5.69 Å². The van der Waals surface area contributed by atoms with Gasteiger partial charge in [0.2, 0.25) is 5.90 Å². The van der Waals surface area contributed by atoms with Crippen molar-refractivity contribution in [3.05, 3.63) is 112 Å². The summed E-state index contributed by atoms with van der Waals surface area (Å²) in [5.41, 5.74) is 2.88. The Labute approximate surface area is 157 Å². The summed E-state index contributed by atoms with van der Waals surface area (Å²) < 4.78 is 6.18. The van der Waals surface area contributed by atoms with Crippen LogP contribution in [0.5, 0.6) is 0 Å². The van der Waals surface area contributed by atoms with Crippen molar-refractivity contribution in [3.8, 4) is 0 Å². The lowest BCUT2D eigenvalue weighted by Gasteiger charge is -2.18. The van der Waals surface area contributed by atoms with Gasteiger partial charge in [-0.3, -0.25) is 10.1 Å². The molecule has 134 valence electrons. The number of benzene rings is 3. The molecule has 2 unspecified atom stereocenters. The molecule has 27 heavy (non-hydrogen) atoms. The Morgan fingerprint density at radius 3 is 2.33 bits per heavy atom. The summed E-state index contributed by atoms with van der Waals surface area (Å²) in [4.78, 5) is 15.5. The van der Waals surface area contributed by atoms with E-state index in [1.54, 1.807) is 12.1 Å². The molecule has 1 heterocycles. The van der Waals surface area contributed by atoms with E-state index in [1.807, 2.05) is 48.5 Å². The van der Waals surface area contributed by atoms with E-state index in [0.29, 0.717) is 11.5 Å². The maximum atomic E-state index is 11.1. The average molecular weight is 358 g/mol. The summed E-state index contributed by atoms with van der Waals surface area (Å²) in [6.45, 7) is 0. The van der Waals surface area contributed by atoms with E-state index in [0.717, 1.165) is 12.0 Å². The van der Waals surface area contributed by atoms with Crippen molar-refractivity contribution in [2.45, 2.75) is 18.6 Å². The number of nitro benzene ring substituents is 1. The third-order valence-corrected chi connectivity index (χ3v) is 4.59. The second-order valence-electron chi connectivity index (χ2n) is 6.45. The number of hydrogen-bond donors (Lipinski definition) is 0. The predicted molar refractivity (Wildman–Crippen MR) is 104 cm³/mol. The van der Waals surface area contributed by atoms with E-state index in [4.69, 9.17) is 9.73 Å². The highest BCUT2D eigenvalue weighted by Crippen LogP contribution is 2.33. The Balaban J connectivity index is 1.68. The standard InChI is InChI=1S/C22H18N2O3/c25-24(26)19-13-7-12-18(15-19)22-23-20(14-16-8-3-1-4-9-16)21(27-22)17-10-5-2-6-11-17/h1-13,15,20-21H,14H2. The highest BCUT2D eigenvalue weighted by atomic mass is 16.6. The SMILES string of the molecule is O=[N+]([O-])c1cccc(C2=NC(Cc3ccccc3)C(c3ccccc3)O2)c1. The first-order valence-electron chi connectivity index (χ1n) is 8.79. The van der Waals surface area contributed by atoms with Crippen molar-refractivity contribution in [1.29, 1.82) is 0 Å². The molecule has 0 aromatic heterocycles. The molecule has 0 saturated carbocycles. The highest BCUT2D eigenvalue weighted by molar-refractivity contribution is 5.96. The second kappa shape index (κ2) is 7.41. The van der Waals surface area contributed by atoms with Crippen LogP contribution in [0.2, 0.25) is 0 Å². The molecule has 0 radical (unpaired) electrons. The molecule has 3 aromatic rings. The molecule has 5 nitrogen and oxygen atoms in total. The summed E-state index contributed by atoms with van der Waals surface area (Å²) in [6.07, 6.45) is 0.513. The summed E-state index contributed by atoms with van der Waals surface area (Å²) in [5.74, 6) is 0.452. The molecule has 5 heteroatoms. The molecule has 0 bridgehead atoms. The van der Waals surface area contributed by atoms with Gasteiger partial charge in [0.05, 0.1) is 11.0 Å². The van der Waals surface area contributed by atoms with Gasteiger partial charge < -0.3 is 4.74 Å². The molecule has 0 N–H and O–H groups in total. The maximum Gasteiger partial charge on any atom is 0.270 e. The number of rotatable bonds is 5. The highest BCUT2D eigenvalue weighted by Gasteiger charge is 2.33. The molecule has 0 saturated heterocycles. The van der Waals surface area contributed by atoms with Crippen LogP contribution in [-0.2, 0) is 11.2 Å². The molecule has 0 fully saturated rings. The lowest BCUT2D eigenvalue weighted by atomic mass is 9.97. The van der Waals surface area contributed by atoms with E-state index < -0.39 is 4.92 Å².